The minimum absolute atomic E-state index is 0.902. The molecule has 2 bridgehead atoms. The molecule has 0 aromatic carbocycles. The first kappa shape index (κ1) is 17.3. The van der Waals surface area contributed by atoms with E-state index in [-0.39, 0.29) is 0 Å². The Morgan fingerprint density at radius 1 is 0.857 bits per heavy atom. The summed E-state index contributed by atoms with van der Waals surface area (Å²) in [5.41, 5.74) is 0. The molecule has 2 atom stereocenters. The van der Waals surface area contributed by atoms with Crippen molar-refractivity contribution in [1.82, 2.24) is 10.2 Å². The van der Waals surface area contributed by atoms with Gasteiger partial charge in [0.05, 0.1) is 0 Å². The summed E-state index contributed by atoms with van der Waals surface area (Å²) in [4.78, 5) is 2.65. The molecule has 21 heavy (non-hydrogen) atoms. The lowest BCUT2D eigenvalue weighted by Crippen LogP contribution is -2.42. The van der Waals surface area contributed by atoms with Crippen LogP contribution in [0.2, 0.25) is 0 Å². The Morgan fingerprint density at radius 2 is 1.43 bits per heavy atom. The molecule has 2 heterocycles. The van der Waals surface area contributed by atoms with Crippen molar-refractivity contribution in [1.29, 1.82) is 0 Å². The van der Waals surface area contributed by atoms with E-state index in [0.29, 0.717) is 0 Å². The van der Waals surface area contributed by atoms with Gasteiger partial charge < -0.3 is 10.2 Å². The van der Waals surface area contributed by atoms with Crippen LogP contribution in [0.25, 0.3) is 0 Å². The predicted octanol–water partition coefficient (Wildman–Crippen LogP) is 4.59. The van der Waals surface area contributed by atoms with Crippen LogP contribution in [0.1, 0.15) is 84.0 Å². The number of fused-ring (bicyclic) bond motifs is 2. The molecular weight excluding hydrogens is 256 g/mol. The second-order valence-electron chi connectivity index (χ2n) is 7.57. The Bertz CT molecular complexity index is 252. The minimum atomic E-state index is 0.902. The highest BCUT2D eigenvalue weighted by molar-refractivity contribution is 4.93. The first-order valence-electron chi connectivity index (χ1n) is 9.74. The highest BCUT2D eigenvalue weighted by Gasteiger charge is 2.37. The fraction of sp³-hybridized carbons (Fsp3) is 1.00. The molecule has 2 aliphatic heterocycles. The zero-order chi connectivity index (χ0) is 14.9. The van der Waals surface area contributed by atoms with E-state index in [1.165, 1.54) is 90.1 Å². The molecule has 124 valence electrons. The molecule has 2 heteroatoms. The number of hydrogen-bond acceptors (Lipinski definition) is 2. The number of unbranched alkanes of at least 4 members (excludes halogenated alkanes) is 7. The van der Waals surface area contributed by atoms with E-state index >= 15 is 0 Å². The normalized spacial score (nSPS) is 29.1. The van der Waals surface area contributed by atoms with Gasteiger partial charge in [-0.15, -0.1) is 0 Å². The van der Waals surface area contributed by atoms with Gasteiger partial charge in [-0.25, -0.2) is 0 Å². The lowest BCUT2D eigenvalue weighted by molar-refractivity contribution is 0.133. The quantitative estimate of drug-likeness (QED) is 0.561. The first-order chi connectivity index (χ1) is 10.3. The van der Waals surface area contributed by atoms with E-state index in [9.17, 15) is 0 Å². The number of piperidine rings is 1. The van der Waals surface area contributed by atoms with Crippen LogP contribution in [0.4, 0.5) is 0 Å². The maximum atomic E-state index is 3.73. The number of hydrogen-bond donors (Lipinski definition) is 1. The van der Waals surface area contributed by atoms with Crippen LogP contribution in [0, 0.1) is 5.92 Å². The fourth-order valence-corrected chi connectivity index (χ4v) is 4.38. The van der Waals surface area contributed by atoms with E-state index < -0.39 is 0 Å². The van der Waals surface area contributed by atoms with Crippen molar-refractivity contribution in [3.8, 4) is 0 Å². The molecular formula is C19H38N2. The summed E-state index contributed by atoms with van der Waals surface area (Å²) in [7, 11) is 2.34. The highest BCUT2D eigenvalue weighted by Crippen LogP contribution is 2.36. The monoisotopic (exact) mass is 294 g/mol. The van der Waals surface area contributed by atoms with Crippen LogP contribution < -0.4 is 5.32 Å². The second-order valence-corrected chi connectivity index (χ2v) is 7.57. The van der Waals surface area contributed by atoms with E-state index in [1.807, 2.05) is 0 Å². The number of rotatable bonds is 11. The fourth-order valence-electron chi connectivity index (χ4n) is 4.38. The molecule has 1 N–H and O–H groups in total. The summed E-state index contributed by atoms with van der Waals surface area (Å²) < 4.78 is 0. The topological polar surface area (TPSA) is 15.3 Å². The molecule has 0 amide bonds. The molecule has 0 aromatic heterocycles. The van der Waals surface area contributed by atoms with E-state index in [2.05, 4.69) is 24.2 Å². The van der Waals surface area contributed by atoms with Crippen molar-refractivity contribution in [2.24, 2.45) is 5.92 Å². The third-order valence-electron chi connectivity index (χ3n) is 5.84. The first-order valence-corrected chi connectivity index (χ1v) is 9.74. The van der Waals surface area contributed by atoms with E-state index in [4.69, 9.17) is 0 Å². The molecule has 2 saturated heterocycles. The van der Waals surface area contributed by atoms with Crippen molar-refractivity contribution in [2.75, 3.05) is 20.1 Å². The smallest absolute Gasteiger partial charge is 0.00988 e. The van der Waals surface area contributed by atoms with Gasteiger partial charge in [-0.3, -0.25) is 0 Å². The zero-order valence-electron chi connectivity index (χ0n) is 14.6. The SMILES string of the molecule is CCCCCCCCCCNCC1CC2CCC(C1)N2C. The molecule has 0 spiro atoms. The molecule has 2 nitrogen and oxygen atoms in total. The average molecular weight is 295 g/mol. The number of nitrogens with zero attached hydrogens (tertiary/aromatic N) is 1. The molecule has 2 unspecified atom stereocenters. The van der Waals surface area contributed by atoms with Gasteiger partial charge in [0.2, 0.25) is 0 Å². The van der Waals surface area contributed by atoms with Crippen molar-refractivity contribution in [2.45, 2.75) is 96.1 Å². The molecule has 0 aliphatic carbocycles. The van der Waals surface area contributed by atoms with Gasteiger partial charge in [0.25, 0.3) is 0 Å². The van der Waals surface area contributed by atoms with E-state index in [0.717, 1.165) is 18.0 Å². The summed E-state index contributed by atoms with van der Waals surface area (Å²) in [5, 5.41) is 3.73. The van der Waals surface area contributed by atoms with Crippen molar-refractivity contribution in [3.63, 3.8) is 0 Å². The lowest BCUT2D eigenvalue weighted by Gasteiger charge is -2.36. The highest BCUT2D eigenvalue weighted by atomic mass is 15.2. The van der Waals surface area contributed by atoms with Gasteiger partial charge in [-0.1, -0.05) is 51.9 Å². The Hall–Kier alpha value is -0.0800. The lowest BCUT2D eigenvalue weighted by atomic mass is 9.91. The number of nitrogens with one attached hydrogen (secondary N) is 1. The summed E-state index contributed by atoms with van der Waals surface area (Å²) in [6, 6.07) is 1.80. The van der Waals surface area contributed by atoms with Crippen LogP contribution >= 0.6 is 0 Å². The average Bonchev–Trinajstić information content (AvgIpc) is 2.72. The largest absolute Gasteiger partial charge is 0.316 e. The van der Waals surface area contributed by atoms with Crippen molar-refractivity contribution in [3.05, 3.63) is 0 Å². The van der Waals surface area contributed by atoms with Crippen molar-refractivity contribution >= 4 is 0 Å². The summed E-state index contributed by atoms with van der Waals surface area (Å²) in [6.07, 6.45) is 17.2. The standard InChI is InChI=1S/C19H38N2/c1-3-4-5-6-7-8-9-10-13-20-16-17-14-18-11-12-19(15-17)21(18)2/h17-20H,3-16H2,1-2H3. The van der Waals surface area contributed by atoms with Gasteiger partial charge in [-0.2, -0.15) is 0 Å². The van der Waals surface area contributed by atoms with E-state index in [1.54, 1.807) is 0 Å². The molecule has 0 saturated carbocycles. The zero-order valence-corrected chi connectivity index (χ0v) is 14.6. The van der Waals surface area contributed by atoms with Crippen LogP contribution in [0.15, 0.2) is 0 Å². The Balaban J connectivity index is 1.39. The second kappa shape index (κ2) is 9.84. The van der Waals surface area contributed by atoms with Crippen LogP contribution in [-0.2, 0) is 0 Å². The van der Waals surface area contributed by atoms with Gasteiger partial charge in [0.15, 0.2) is 0 Å². The molecule has 2 fully saturated rings. The molecule has 2 rings (SSSR count). The van der Waals surface area contributed by atoms with Crippen molar-refractivity contribution < 1.29 is 0 Å². The Morgan fingerprint density at radius 3 is 2.05 bits per heavy atom. The summed E-state index contributed by atoms with van der Waals surface area (Å²) in [6.45, 7) is 4.81. The third-order valence-corrected chi connectivity index (χ3v) is 5.84. The minimum Gasteiger partial charge on any atom is -0.316 e. The maximum Gasteiger partial charge on any atom is 0.00988 e. The third kappa shape index (κ3) is 5.90. The molecule has 0 aromatic rings. The predicted molar refractivity (Wildman–Crippen MR) is 92.8 cm³/mol. The molecule has 0 radical (unpaired) electrons. The van der Waals surface area contributed by atoms with Crippen LogP contribution in [-0.4, -0.2) is 37.1 Å². The molecule has 2 aliphatic rings. The van der Waals surface area contributed by atoms with Gasteiger partial charge in [0, 0.05) is 12.1 Å². The van der Waals surface area contributed by atoms with Gasteiger partial charge in [-0.05, 0) is 58.2 Å². The maximum absolute atomic E-state index is 3.73. The Kier molecular flexibility index (Phi) is 8.10. The summed E-state index contributed by atoms with van der Waals surface area (Å²) in [5.74, 6) is 0.952. The van der Waals surface area contributed by atoms with Crippen LogP contribution in [0.3, 0.4) is 0 Å². The van der Waals surface area contributed by atoms with Gasteiger partial charge in [0.1, 0.15) is 0 Å². The van der Waals surface area contributed by atoms with Crippen LogP contribution in [0.5, 0.6) is 0 Å². The Labute approximate surface area is 133 Å². The van der Waals surface area contributed by atoms with Gasteiger partial charge >= 0.3 is 0 Å². The summed E-state index contributed by atoms with van der Waals surface area (Å²) >= 11 is 0.